The van der Waals surface area contributed by atoms with Crippen molar-refractivity contribution in [2.45, 2.75) is 12.5 Å². The van der Waals surface area contributed by atoms with Gasteiger partial charge in [0.2, 0.25) is 0 Å². The number of urea groups is 1. The molecule has 2 aliphatic rings. The fourth-order valence-electron chi connectivity index (χ4n) is 4.67. The maximum atomic E-state index is 13.3. The van der Waals surface area contributed by atoms with Gasteiger partial charge in [0.05, 0.1) is 12.3 Å². The third-order valence-corrected chi connectivity index (χ3v) is 6.90. The molecule has 42 heavy (non-hydrogen) atoms. The smallest absolute Gasteiger partial charge is 0.387 e. The van der Waals surface area contributed by atoms with E-state index < -0.39 is 12.6 Å². The lowest BCUT2D eigenvalue weighted by molar-refractivity contribution is -0.0498. The van der Waals surface area contributed by atoms with E-state index in [1.807, 2.05) is 18.2 Å². The number of hydrazone groups is 1. The van der Waals surface area contributed by atoms with Gasteiger partial charge in [-0.2, -0.15) is 13.9 Å². The first-order valence-electron chi connectivity index (χ1n) is 13.1. The zero-order chi connectivity index (χ0) is 29.1. The molecule has 0 saturated heterocycles. The Balaban J connectivity index is 1.21. The number of fused-ring (bicyclic) bond motifs is 1. The van der Waals surface area contributed by atoms with Crippen molar-refractivity contribution in [2.24, 2.45) is 5.10 Å². The highest BCUT2D eigenvalue weighted by molar-refractivity contribution is 6.30. The normalized spacial score (nSPS) is 15.8. The van der Waals surface area contributed by atoms with E-state index in [4.69, 9.17) is 25.8 Å². The second kappa shape index (κ2) is 12.0. The van der Waals surface area contributed by atoms with Gasteiger partial charge in [-0.15, -0.1) is 0 Å². The molecule has 0 fully saturated rings. The van der Waals surface area contributed by atoms with Crippen LogP contribution in [-0.4, -0.2) is 43.1 Å². The molecule has 4 aromatic rings. The van der Waals surface area contributed by atoms with E-state index in [1.54, 1.807) is 60.7 Å². The first-order valence-corrected chi connectivity index (χ1v) is 13.4. The molecule has 11 heteroatoms. The van der Waals surface area contributed by atoms with E-state index in [0.717, 1.165) is 5.56 Å². The molecule has 8 nitrogen and oxygen atoms in total. The average Bonchev–Trinajstić information content (AvgIpc) is 3.45. The number of benzene rings is 4. The second-order valence-electron chi connectivity index (χ2n) is 9.44. The molecule has 1 N–H and O–H groups in total. The summed E-state index contributed by atoms with van der Waals surface area (Å²) in [7, 11) is 0. The van der Waals surface area contributed by atoms with Crippen LogP contribution in [-0.2, 0) is 0 Å². The highest BCUT2D eigenvalue weighted by atomic mass is 35.5. The van der Waals surface area contributed by atoms with Gasteiger partial charge < -0.3 is 24.3 Å². The minimum absolute atomic E-state index is 0.0290. The van der Waals surface area contributed by atoms with Crippen LogP contribution in [0, 0.1) is 0 Å². The Morgan fingerprint density at radius 3 is 2.21 bits per heavy atom. The zero-order valence-corrected chi connectivity index (χ0v) is 22.8. The summed E-state index contributed by atoms with van der Waals surface area (Å²) in [5.74, 6) is 2.20. The molecule has 214 valence electrons. The fraction of sp³-hybridized carbons (Fsp3) is 0.161. The van der Waals surface area contributed by atoms with Crippen molar-refractivity contribution < 1.29 is 32.5 Å². The van der Waals surface area contributed by atoms with Crippen LogP contribution in [0.25, 0.3) is 0 Å². The Hall–Kier alpha value is -4.83. The third kappa shape index (κ3) is 6.23. The number of halogens is 3. The average molecular weight is 592 g/mol. The lowest BCUT2D eigenvalue weighted by atomic mass is 9.90. The summed E-state index contributed by atoms with van der Waals surface area (Å²) in [5.41, 5.74) is 2.68. The van der Waals surface area contributed by atoms with Gasteiger partial charge in [-0.25, -0.2) is 9.80 Å². The van der Waals surface area contributed by atoms with E-state index in [2.05, 4.69) is 15.2 Å². The highest BCUT2D eigenvalue weighted by Crippen LogP contribution is 2.37. The summed E-state index contributed by atoms with van der Waals surface area (Å²) in [6.07, 6.45) is 0. The Morgan fingerprint density at radius 1 is 0.881 bits per heavy atom. The summed E-state index contributed by atoms with van der Waals surface area (Å²) in [6, 6.07) is 25.3. The standard InChI is InChI=1S/C31H24ClF2N3O5/c32-21-4-10-23(11-5-21)41-24-12-6-22(7-13-24)35-31(38)37-18-26(20-3-14-27-28(17-20)40-16-15-39-27)29(36-37)19-1-8-25(9-2-19)42-30(33)34/h1-14,17,26,30H,15-16,18H2,(H,35,38). The molecule has 2 amide bonds. The van der Waals surface area contributed by atoms with Crippen molar-refractivity contribution in [3.8, 4) is 28.7 Å². The largest absolute Gasteiger partial charge is 0.486 e. The molecule has 0 spiro atoms. The van der Waals surface area contributed by atoms with Crippen LogP contribution in [0.2, 0.25) is 5.02 Å². The van der Waals surface area contributed by atoms with E-state index >= 15 is 0 Å². The SMILES string of the molecule is O=C(Nc1ccc(Oc2ccc(Cl)cc2)cc1)N1CC(c2ccc3c(c2)OCCO3)C(c2ccc(OC(F)F)cc2)=N1. The van der Waals surface area contributed by atoms with Crippen molar-refractivity contribution in [1.82, 2.24) is 5.01 Å². The zero-order valence-electron chi connectivity index (χ0n) is 22.0. The van der Waals surface area contributed by atoms with Crippen LogP contribution in [0.4, 0.5) is 19.3 Å². The maximum Gasteiger partial charge on any atom is 0.387 e. The fourth-order valence-corrected chi connectivity index (χ4v) is 4.79. The van der Waals surface area contributed by atoms with Crippen LogP contribution in [0.5, 0.6) is 28.7 Å². The predicted molar refractivity (Wildman–Crippen MR) is 153 cm³/mol. The quantitative estimate of drug-likeness (QED) is 0.240. The molecule has 0 saturated carbocycles. The number of amides is 2. The molecule has 2 aliphatic heterocycles. The number of alkyl halides is 2. The summed E-state index contributed by atoms with van der Waals surface area (Å²) >= 11 is 5.93. The van der Waals surface area contributed by atoms with Crippen molar-refractivity contribution in [3.63, 3.8) is 0 Å². The van der Waals surface area contributed by atoms with Crippen LogP contribution < -0.4 is 24.3 Å². The van der Waals surface area contributed by atoms with Crippen molar-refractivity contribution in [3.05, 3.63) is 107 Å². The van der Waals surface area contributed by atoms with Gasteiger partial charge in [0.25, 0.3) is 0 Å². The Labute approximate surface area is 245 Å². The summed E-state index contributed by atoms with van der Waals surface area (Å²) in [5, 5.41) is 9.46. The number of anilines is 1. The van der Waals surface area contributed by atoms with Gasteiger partial charge in [-0.05, 0) is 96.1 Å². The minimum Gasteiger partial charge on any atom is -0.486 e. The topological polar surface area (TPSA) is 81.6 Å². The number of hydrogen-bond acceptors (Lipinski definition) is 6. The molecule has 0 radical (unpaired) electrons. The summed E-state index contributed by atoms with van der Waals surface area (Å²) < 4.78 is 47.0. The Morgan fingerprint density at radius 2 is 1.52 bits per heavy atom. The van der Waals surface area contributed by atoms with E-state index in [1.165, 1.54) is 17.1 Å². The lowest BCUT2D eigenvalue weighted by Gasteiger charge is -2.21. The van der Waals surface area contributed by atoms with Crippen LogP contribution in [0.1, 0.15) is 17.0 Å². The van der Waals surface area contributed by atoms with Gasteiger partial charge in [0.1, 0.15) is 30.5 Å². The van der Waals surface area contributed by atoms with Crippen molar-refractivity contribution >= 4 is 29.0 Å². The van der Waals surface area contributed by atoms with Crippen LogP contribution in [0.3, 0.4) is 0 Å². The molecule has 4 aromatic carbocycles. The first kappa shape index (κ1) is 27.3. The van der Waals surface area contributed by atoms with E-state index in [-0.39, 0.29) is 18.2 Å². The van der Waals surface area contributed by atoms with E-state index in [0.29, 0.717) is 58.2 Å². The molecular weight excluding hydrogens is 568 g/mol. The molecule has 1 atom stereocenters. The molecule has 0 aliphatic carbocycles. The predicted octanol–water partition coefficient (Wildman–Crippen LogP) is 7.54. The molecule has 6 rings (SSSR count). The molecule has 0 bridgehead atoms. The van der Waals surface area contributed by atoms with Crippen molar-refractivity contribution in [2.75, 3.05) is 25.1 Å². The number of carbonyl (C=O) groups is 1. The molecule has 2 heterocycles. The Kier molecular flexibility index (Phi) is 7.78. The highest BCUT2D eigenvalue weighted by Gasteiger charge is 2.33. The van der Waals surface area contributed by atoms with Gasteiger partial charge in [0, 0.05) is 16.6 Å². The number of rotatable bonds is 7. The number of nitrogens with one attached hydrogen (secondary N) is 1. The number of hydrogen-bond donors (Lipinski definition) is 1. The van der Waals surface area contributed by atoms with Crippen LogP contribution in [0.15, 0.2) is 96.1 Å². The summed E-state index contributed by atoms with van der Waals surface area (Å²) in [6.45, 7) is -1.78. The first-order chi connectivity index (χ1) is 20.4. The van der Waals surface area contributed by atoms with Gasteiger partial charge in [0.15, 0.2) is 11.5 Å². The number of ether oxygens (including phenoxy) is 4. The maximum absolute atomic E-state index is 13.3. The van der Waals surface area contributed by atoms with Gasteiger partial charge in [-0.3, -0.25) is 0 Å². The number of nitrogens with zero attached hydrogens (tertiary/aromatic N) is 2. The molecular formula is C31H24ClF2N3O5. The Bertz CT molecular complexity index is 1600. The second-order valence-corrected chi connectivity index (χ2v) is 9.87. The van der Waals surface area contributed by atoms with Crippen molar-refractivity contribution in [1.29, 1.82) is 0 Å². The number of carbonyl (C=O) groups excluding carboxylic acids is 1. The summed E-state index contributed by atoms with van der Waals surface area (Å²) in [4.78, 5) is 13.3. The third-order valence-electron chi connectivity index (χ3n) is 6.65. The minimum atomic E-state index is -2.93. The molecule has 0 aromatic heterocycles. The van der Waals surface area contributed by atoms with E-state index in [9.17, 15) is 13.6 Å². The lowest BCUT2D eigenvalue weighted by Crippen LogP contribution is -2.30. The molecule has 1 unspecified atom stereocenters. The van der Waals surface area contributed by atoms with Gasteiger partial charge >= 0.3 is 12.6 Å². The monoisotopic (exact) mass is 591 g/mol. The van der Waals surface area contributed by atoms with Gasteiger partial charge in [-0.1, -0.05) is 17.7 Å². The van der Waals surface area contributed by atoms with Crippen LogP contribution >= 0.6 is 11.6 Å².